The van der Waals surface area contributed by atoms with Crippen molar-refractivity contribution in [3.8, 4) is 0 Å². The van der Waals surface area contributed by atoms with Gasteiger partial charge in [-0.15, -0.1) is 0 Å². The zero-order valence-electron chi connectivity index (χ0n) is 7.61. The number of hydrogen-bond donors (Lipinski definition) is 1. The van der Waals surface area contributed by atoms with Crippen LogP contribution in [0.25, 0.3) is 0 Å². The Kier molecular flexibility index (Phi) is 4.22. The van der Waals surface area contributed by atoms with E-state index < -0.39 is 32.9 Å². The quantitative estimate of drug-likeness (QED) is 0.618. The molecule has 18 heavy (non-hydrogen) atoms. The van der Waals surface area contributed by atoms with Crippen LogP contribution in [0, 0.1) is 0 Å². The van der Waals surface area contributed by atoms with Gasteiger partial charge in [-0.2, -0.15) is 35.1 Å². The van der Waals surface area contributed by atoms with E-state index in [9.17, 15) is 43.5 Å². The van der Waals surface area contributed by atoms with Gasteiger partial charge in [-0.1, -0.05) is 0 Å². The van der Waals surface area contributed by atoms with E-state index in [4.69, 9.17) is 0 Å². The van der Waals surface area contributed by atoms with Crippen molar-refractivity contribution in [3.05, 3.63) is 0 Å². The standard InChI is InChI=1S/C4H2ClF8NO3S/c5-1(6,7)2(8,9)17-3(10,11)4(12,13)18(14,15)16/h(H2,14,15,16). The van der Waals surface area contributed by atoms with Gasteiger partial charge in [-0.05, 0) is 11.6 Å². The van der Waals surface area contributed by atoms with E-state index in [-0.39, 0.29) is 0 Å². The van der Waals surface area contributed by atoms with Gasteiger partial charge in [0, 0.05) is 0 Å². The third-order valence-electron chi connectivity index (χ3n) is 1.28. The molecule has 0 fully saturated rings. The van der Waals surface area contributed by atoms with Gasteiger partial charge in [-0.25, -0.2) is 18.3 Å². The highest BCUT2D eigenvalue weighted by atomic mass is 35.5. The molecule has 0 saturated carbocycles. The second-order valence-electron chi connectivity index (χ2n) is 2.70. The molecule has 0 aliphatic rings. The smallest absolute Gasteiger partial charge is 0.243 e. The second kappa shape index (κ2) is 4.31. The number of alkyl halides is 9. The number of rotatable bonds is 5. The largest absolute Gasteiger partial charge is 0.448 e. The Morgan fingerprint density at radius 3 is 1.44 bits per heavy atom. The predicted molar refractivity (Wildman–Crippen MR) is 39.8 cm³/mol. The van der Waals surface area contributed by atoms with Crippen molar-refractivity contribution in [2.75, 3.05) is 0 Å². The summed E-state index contributed by atoms with van der Waals surface area (Å²) >= 11 is 3.63. The fraction of sp³-hybridized carbons (Fsp3) is 1.00. The number of ether oxygens (including phenoxy) is 1. The number of sulfonamides is 1. The molecule has 2 N–H and O–H groups in total. The normalized spacial score (nSPS) is 15.9. The molecule has 0 aromatic rings. The summed E-state index contributed by atoms with van der Waals surface area (Å²) in [5.74, 6) is 0. The molecule has 0 heterocycles. The van der Waals surface area contributed by atoms with Crippen LogP contribution < -0.4 is 5.14 Å². The molecule has 0 aromatic carbocycles. The maximum absolute atomic E-state index is 12.4. The molecule has 14 heteroatoms. The van der Waals surface area contributed by atoms with Crippen LogP contribution in [0.1, 0.15) is 0 Å². The first kappa shape index (κ1) is 17.6. The minimum atomic E-state index is -6.54. The minimum absolute atomic E-state index is 1.82. The van der Waals surface area contributed by atoms with Gasteiger partial charge < -0.3 is 0 Å². The molecule has 0 rings (SSSR count). The molecule has 0 aliphatic carbocycles. The van der Waals surface area contributed by atoms with E-state index in [1.807, 2.05) is 4.74 Å². The highest BCUT2D eigenvalue weighted by molar-refractivity contribution is 7.90. The van der Waals surface area contributed by atoms with E-state index in [0.29, 0.717) is 0 Å². The lowest BCUT2D eigenvalue weighted by molar-refractivity contribution is -0.442. The van der Waals surface area contributed by atoms with Gasteiger partial charge in [-0.3, -0.25) is 0 Å². The lowest BCUT2D eigenvalue weighted by atomic mass is 10.6. The Balaban J connectivity index is 5.47. The Morgan fingerprint density at radius 1 is 0.889 bits per heavy atom. The monoisotopic (exact) mass is 331 g/mol. The van der Waals surface area contributed by atoms with Crippen LogP contribution in [0.2, 0.25) is 0 Å². The molecule has 0 amide bonds. The molecular weight excluding hydrogens is 330 g/mol. The third-order valence-corrected chi connectivity index (χ3v) is 2.45. The number of hydrogen-bond acceptors (Lipinski definition) is 3. The van der Waals surface area contributed by atoms with E-state index in [0.717, 1.165) is 0 Å². The van der Waals surface area contributed by atoms with Crippen molar-refractivity contribution in [1.82, 2.24) is 0 Å². The topological polar surface area (TPSA) is 69.4 Å². The summed E-state index contributed by atoms with van der Waals surface area (Å²) in [6.07, 6.45) is -12.8. The molecule has 110 valence electrons. The van der Waals surface area contributed by atoms with Gasteiger partial charge in [0.25, 0.3) is 10.0 Å². The van der Waals surface area contributed by atoms with Crippen molar-refractivity contribution in [1.29, 1.82) is 0 Å². The fourth-order valence-corrected chi connectivity index (χ4v) is 0.855. The SMILES string of the molecule is NS(=O)(=O)C(F)(F)C(F)(F)OC(F)(F)C(F)(F)Cl. The van der Waals surface area contributed by atoms with Gasteiger partial charge in [0.15, 0.2) is 0 Å². The average molecular weight is 332 g/mol. The molecule has 0 radical (unpaired) electrons. The van der Waals surface area contributed by atoms with Gasteiger partial charge >= 0.3 is 22.9 Å². The summed E-state index contributed by atoms with van der Waals surface area (Å²) in [5, 5.41) is -8.53. The van der Waals surface area contributed by atoms with Gasteiger partial charge in [0.05, 0.1) is 0 Å². The molecule has 0 atom stereocenters. The molecular formula is C4H2ClF8NO3S. The highest BCUT2D eigenvalue weighted by Crippen LogP contribution is 2.47. The molecule has 0 spiro atoms. The maximum Gasteiger partial charge on any atom is 0.448 e. The molecule has 4 nitrogen and oxygen atoms in total. The first-order valence-electron chi connectivity index (χ1n) is 3.38. The van der Waals surface area contributed by atoms with E-state index in [2.05, 4.69) is 16.7 Å². The summed E-state index contributed by atoms with van der Waals surface area (Å²) in [5.41, 5.74) is 0. The molecule has 0 aromatic heterocycles. The van der Waals surface area contributed by atoms with Crippen LogP contribution in [0.4, 0.5) is 35.1 Å². The van der Waals surface area contributed by atoms with Crippen molar-refractivity contribution < 1.29 is 48.3 Å². The van der Waals surface area contributed by atoms with E-state index in [1.165, 1.54) is 0 Å². The number of primary sulfonamides is 1. The van der Waals surface area contributed by atoms with E-state index in [1.54, 1.807) is 0 Å². The zero-order valence-corrected chi connectivity index (χ0v) is 9.18. The third kappa shape index (κ3) is 3.13. The Hall–Kier alpha value is -0.400. The van der Waals surface area contributed by atoms with Crippen molar-refractivity contribution in [3.63, 3.8) is 0 Å². The number of nitrogens with two attached hydrogens (primary N) is 1. The maximum atomic E-state index is 12.4. The van der Waals surface area contributed by atoms with E-state index >= 15 is 0 Å². The summed E-state index contributed by atoms with van der Waals surface area (Å²) < 4.78 is 120. The Morgan fingerprint density at radius 2 is 1.22 bits per heavy atom. The minimum Gasteiger partial charge on any atom is -0.243 e. The lowest BCUT2D eigenvalue weighted by Gasteiger charge is -2.29. The Labute approximate surface area is 98.7 Å². The van der Waals surface area contributed by atoms with Crippen LogP contribution in [0.15, 0.2) is 0 Å². The summed E-state index contributed by atoms with van der Waals surface area (Å²) in [6.45, 7) is 0. The fourth-order valence-electron chi connectivity index (χ4n) is 0.444. The first-order valence-corrected chi connectivity index (χ1v) is 5.31. The van der Waals surface area contributed by atoms with Crippen LogP contribution in [-0.4, -0.2) is 31.3 Å². The predicted octanol–water partition coefficient (Wildman–Crippen LogP) is 1.90. The summed E-state index contributed by atoms with van der Waals surface area (Å²) in [4.78, 5) is 0. The van der Waals surface area contributed by atoms with Crippen molar-refractivity contribution >= 4 is 21.6 Å². The van der Waals surface area contributed by atoms with Crippen LogP contribution >= 0.6 is 11.6 Å². The molecule has 0 aliphatic heterocycles. The molecule has 0 bridgehead atoms. The average Bonchev–Trinajstić information content (AvgIpc) is 1.96. The van der Waals surface area contributed by atoms with Crippen LogP contribution in [0.5, 0.6) is 0 Å². The lowest BCUT2D eigenvalue weighted by Crippen LogP contribution is -2.56. The zero-order chi connectivity index (χ0) is 15.2. The summed E-state index contributed by atoms with van der Waals surface area (Å²) in [7, 11) is -6.41. The van der Waals surface area contributed by atoms with Gasteiger partial charge in [0.1, 0.15) is 0 Å². The molecule has 0 unspecified atom stereocenters. The second-order valence-corrected chi connectivity index (χ2v) is 4.77. The van der Waals surface area contributed by atoms with Crippen molar-refractivity contribution in [2.45, 2.75) is 22.9 Å². The Bertz CT molecular complexity index is 417. The number of halogens is 9. The van der Waals surface area contributed by atoms with Crippen LogP contribution in [0.3, 0.4) is 0 Å². The summed E-state index contributed by atoms with van der Waals surface area (Å²) in [6, 6.07) is 0. The molecule has 0 saturated heterocycles. The van der Waals surface area contributed by atoms with Gasteiger partial charge in [0.2, 0.25) is 0 Å². The van der Waals surface area contributed by atoms with Crippen molar-refractivity contribution in [2.24, 2.45) is 5.14 Å². The first-order chi connectivity index (χ1) is 7.46. The highest BCUT2D eigenvalue weighted by Gasteiger charge is 2.73. The van der Waals surface area contributed by atoms with Crippen LogP contribution in [-0.2, 0) is 14.8 Å².